The van der Waals surface area contributed by atoms with Crippen molar-refractivity contribution in [3.63, 3.8) is 0 Å². The molecule has 0 aromatic heterocycles. The first kappa shape index (κ1) is 21.1. The molecule has 0 spiro atoms. The lowest BCUT2D eigenvalue weighted by Gasteiger charge is -2.25. The van der Waals surface area contributed by atoms with Crippen LogP contribution >= 0.6 is 0 Å². The summed E-state index contributed by atoms with van der Waals surface area (Å²) in [5, 5.41) is 9.54. The summed E-state index contributed by atoms with van der Waals surface area (Å²) in [5.41, 5.74) is 3.87. The van der Waals surface area contributed by atoms with Gasteiger partial charge in [-0.2, -0.15) is 0 Å². The average molecular weight is 390 g/mol. The summed E-state index contributed by atoms with van der Waals surface area (Å²) in [6, 6.07) is 29.5. The Morgan fingerprint density at radius 3 is 2.17 bits per heavy atom. The minimum absolute atomic E-state index is 0.176. The lowest BCUT2D eigenvalue weighted by atomic mass is 9.88. The normalized spacial score (nSPS) is 12.1. The Morgan fingerprint density at radius 1 is 0.828 bits per heavy atom. The van der Waals surface area contributed by atoms with Gasteiger partial charge >= 0.3 is 0 Å². The molecule has 3 rings (SSSR count). The van der Waals surface area contributed by atoms with Crippen molar-refractivity contribution in [3.8, 4) is 5.75 Å². The van der Waals surface area contributed by atoms with E-state index < -0.39 is 0 Å². The lowest BCUT2D eigenvalue weighted by Crippen LogP contribution is -2.29. The van der Waals surface area contributed by atoms with Crippen LogP contribution in [0, 0.1) is 0 Å². The molecule has 0 saturated heterocycles. The van der Waals surface area contributed by atoms with E-state index in [9.17, 15) is 5.11 Å². The number of nitrogens with zero attached hydrogens (tertiary/aromatic N) is 1. The van der Waals surface area contributed by atoms with Crippen molar-refractivity contribution in [2.75, 3.05) is 26.8 Å². The number of para-hydroxylation sites is 1. The summed E-state index contributed by atoms with van der Waals surface area (Å²) < 4.78 is 5.58. The molecule has 152 valence electrons. The molecule has 0 unspecified atom stereocenters. The van der Waals surface area contributed by atoms with E-state index in [0.29, 0.717) is 12.5 Å². The van der Waals surface area contributed by atoms with Crippen LogP contribution in [-0.2, 0) is 13.0 Å². The van der Waals surface area contributed by atoms with Gasteiger partial charge in [0.15, 0.2) is 0 Å². The Balaban J connectivity index is 1.73. The molecule has 1 atom stereocenters. The van der Waals surface area contributed by atoms with Crippen LogP contribution in [0.1, 0.15) is 29.0 Å². The Kier molecular flexibility index (Phi) is 8.29. The van der Waals surface area contributed by atoms with E-state index in [0.717, 1.165) is 31.7 Å². The summed E-state index contributed by atoms with van der Waals surface area (Å²) >= 11 is 0. The van der Waals surface area contributed by atoms with Crippen LogP contribution in [-0.4, -0.2) is 36.8 Å². The molecule has 0 amide bonds. The highest BCUT2D eigenvalue weighted by atomic mass is 16.5. The molecule has 29 heavy (non-hydrogen) atoms. The van der Waals surface area contributed by atoms with Crippen LogP contribution < -0.4 is 4.74 Å². The van der Waals surface area contributed by atoms with Gasteiger partial charge in [-0.3, -0.25) is 4.90 Å². The zero-order valence-electron chi connectivity index (χ0n) is 17.2. The minimum Gasteiger partial charge on any atom is -0.496 e. The largest absolute Gasteiger partial charge is 0.496 e. The maximum absolute atomic E-state index is 9.54. The predicted octanol–water partition coefficient (Wildman–Crippen LogP) is 4.91. The van der Waals surface area contributed by atoms with Gasteiger partial charge in [-0.05, 0) is 48.1 Å². The molecule has 3 aromatic carbocycles. The Labute approximate surface area is 174 Å². The quantitative estimate of drug-likeness (QED) is 0.506. The van der Waals surface area contributed by atoms with Crippen molar-refractivity contribution in [3.05, 3.63) is 102 Å². The summed E-state index contributed by atoms with van der Waals surface area (Å²) in [4.78, 5) is 2.34. The number of hydrogen-bond acceptors (Lipinski definition) is 3. The summed E-state index contributed by atoms with van der Waals surface area (Å²) in [6.45, 7) is 2.65. The molecule has 1 N–H and O–H groups in total. The number of methoxy groups -OCH3 is 1. The topological polar surface area (TPSA) is 32.7 Å². The maximum Gasteiger partial charge on any atom is 0.122 e. The molecule has 3 aromatic rings. The van der Waals surface area contributed by atoms with Crippen LogP contribution in [0.15, 0.2) is 84.9 Å². The molecule has 0 aliphatic carbocycles. The van der Waals surface area contributed by atoms with Crippen molar-refractivity contribution in [2.45, 2.75) is 25.3 Å². The molecular weight excluding hydrogens is 358 g/mol. The molecule has 0 radical (unpaired) electrons. The third-order valence-electron chi connectivity index (χ3n) is 5.39. The first-order valence-corrected chi connectivity index (χ1v) is 10.3. The van der Waals surface area contributed by atoms with E-state index in [1.54, 1.807) is 7.11 Å². The van der Waals surface area contributed by atoms with Crippen molar-refractivity contribution in [1.82, 2.24) is 4.90 Å². The number of rotatable bonds is 11. The van der Waals surface area contributed by atoms with Gasteiger partial charge in [0.05, 0.1) is 13.7 Å². The second kappa shape index (κ2) is 11.4. The zero-order valence-corrected chi connectivity index (χ0v) is 17.2. The fourth-order valence-corrected chi connectivity index (χ4v) is 3.84. The van der Waals surface area contributed by atoms with Crippen LogP contribution in [0.25, 0.3) is 0 Å². The van der Waals surface area contributed by atoms with Crippen molar-refractivity contribution >= 4 is 0 Å². The summed E-state index contributed by atoms with van der Waals surface area (Å²) in [5.74, 6) is 1.34. The van der Waals surface area contributed by atoms with Gasteiger partial charge in [-0.15, -0.1) is 0 Å². The molecule has 0 aliphatic rings. The first-order valence-electron chi connectivity index (χ1n) is 10.3. The first-order chi connectivity index (χ1) is 14.3. The van der Waals surface area contributed by atoms with Gasteiger partial charge in [0, 0.05) is 13.1 Å². The van der Waals surface area contributed by atoms with Crippen LogP contribution in [0.3, 0.4) is 0 Å². The van der Waals surface area contributed by atoms with Gasteiger partial charge in [0.1, 0.15) is 5.75 Å². The molecule has 0 saturated carbocycles. The van der Waals surface area contributed by atoms with Gasteiger partial charge in [0.2, 0.25) is 0 Å². The van der Waals surface area contributed by atoms with Crippen LogP contribution in [0.2, 0.25) is 0 Å². The molecule has 0 bridgehead atoms. The number of aliphatic hydroxyl groups is 1. The SMILES string of the molecule is COc1ccccc1C[C@H](CCN(CCO)Cc1ccccc1)c1ccccc1. The highest BCUT2D eigenvalue weighted by Gasteiger charge is 2.17. The Hall–Kier alpha value is -2.62. The van der Waals surface area contributed by atoms with Gasteiger partial charge in [-0.1, -0.05) is 78.9 Å². The summed E-state index contributed by atoms with van der Waals surface area (Å²) in [7, 11) is 1.74. The van der Waals surface area contributed by atoms with E-state index in [1.807, 2.05) is 18.2 Å². The van der Waals surface area contributed by atoms with E-state index >= 15 is 0 Å². The zero-order chi connectivity index (χ0) is 20.3. The highest BCUT2D eigenvalue weighted by Crippen LogP contribution is 2.29. The van der Waals surface area contributed by atoms with Gasteiger partial charge in [-0.25, -0.2) is 0 Å². The van der Waals surface area contributed by atoms with Crippen LogP contribution in [0.4, 0.5) is 0 Å². The number of benzene rings is 3. The van der Waals surface area contributed by atoms with Gasteiger partial charge in [0.25, 0.3) is 0 Å². The van der Waals surface area contributed by atoms with E-state index in [1.165, 1.54) is 16.7 Å². The highest BCUT2D eigenvalue weighted by molar-refractivity contribution is 5.35. The second-order valence-electron chi connectivity index (χ2n) is 7.40. The maximum atomic E-state index is 9.54. The summed E-state index contributed by atoms with van der Waals surface area (Å²) in [6.07, 6.45) is 1.96. The average Bonchev–Trinajstić information content (AvgIpc) is 2.78. The molecule has 3 heteroatoms. The standard InChI is InChI=1S/C26H31NO2/c1-29-26-15-9-8-14-25(26)20-24(23-12-6-3-7-13-23)16-17-27(18-19-28)21-22-10-4-2-5-11-22/h2-15,24,28H,16-21H2,1H3/t24-/m0/s1. The van der Waals surface area contributed by atoms with Gasteiger partial charge < -0.3 is 9.84 Å². The monoisotopic (exact) mass is 389 g/mol. The van der Waals surface area contributed by atoms with E-state index in [4.69, 9.17) is 4.74 Å². The number of hydrogen-bond donors (Lipinski definition) is 1. The van der Waals surface area contributed by atoms with Crippen molar-refractivity contribution < 1.29 is 9.84 Å². The van der Waals surface area contributed by atoms with E-state index in [2.05, 4.69) is 71.6 Å². The predicted molar refractivity (Wildman–Crippen MR) is 119 cm³/mol. The fourth-order valence-electron chi connectivity index (χ4n) is 3.84. The van der Waals surface area contributed by atoms with Crippen LogP contribution in [0.5, 0.6) is 5.75 Å². The smallest absolute Gasteiger partial charge is 0.122 e. The second-order valence-corrected chi connectivity index (χ2v) is 7.40. The van der Waals surface area contributed by atoms with Crippen molar-refractivity contribution in [2.24, 2.45) is 0 Å². The molecule has 0 aliphatic heterocycles. The third kappa shape index (κ3) is 6.45. The van der Waals surface area contributed by atoms with E-state index in [-0.39, 0.29) is 6.61 Å². The molecule has 0 heterocycles. The Morgan fingerprint density at radius 2 is 1.48 bits per heavy atom. The Bertz CT molecular complexity index is 836. The molecular formula is C26H31NO2. The fraction of sp³-hybridized carbons (Fsp3) is 0.308. The number of ether oxygens (including phenoxy) is 1. The number of aliphatic hydroxyl groups excluding tert-OH is 1. The molecule has 3 nitrogen and oxygen atoms in total. The lowest BCUT2D eigenvalue weighted by molar-refractivity contribution is 0.185. The molecule has 0 fully saturated rings. The minimum atomic E-state index is 0.176. The third-order valence-corrected chi connectivity index (χ3v) is 5.39. The van der Waals surface area contributed by atoms with Crippen molar-refractivity contribution in [1.29, 1.82) is 0 Å².